The molecule has 0 aliphatic carbocycles. The molecule has 3 aromatic carbocycles. The minimum atomic E-state index is -3.78. The standard InChI is InChI=1S/C25H25FN2O5S/c1-18(29)27-22-7-9-23(10-8-22)34(30,31)28-12-13-33-25-11-6-19(14-21(25)15-28)16-32-17-20-4-2-3-5-24(20)26/h2-11,14H,12-13,15-17H2,1H3,(H,27,29). The zero-order chi connectivity index (χ0) is 24.1. The Morgan fingerprint density at radius 3 is 2.59 bits per heavy atom. The lowest BCUT2D eigenvalue weighted by Gasteiger charge is -2.20. The van der Waals surface area contributed by atoms with Crippen molar-refractivity contribution in [3.05, 3.63) is 89.2 Å². The normalized spacial score (nSPS) is 14.1. The Kier molecular flexibility index (Phi) is 7.26. The number of carbonyl (C=O) groups excluding carboxylic acids is 1. The van der Waals surface area contributed by atoms with Gasteiger partial charge in [0, 0.05) is 36.8 Å². The number of sulfonamides is 1. The molecule has 4 rings (SSSR count). The maximum atomic E-state index is 13.8. The van der Waals surface area contributed by atoms with E-state index < -0.39 is 10.0 Å². The lowest BCUT2D eigenvalue weighted by atomic mass is 10.1. The highest BCUT2D eigenvalue weighted by atomic mass is 32.2. The van der Waals surface area contributed by atoms with Crippen LogP contribution in [0.4, 0.5) is 10.1 Å². The lowest BCUT2D eigenvalue weighted by molar-refractivity contribution is -0.114. The van der Waals surface area contributed by atoms with E-state index in [4.69, 9.17) is 9.47 Å². The van der Waals surface area contributed by atoms with Crippen LogP contribution in [0.15, 0.2) is 71.6 Å². The molecule has 9 heteroatoms. The number of rotatable bonds is 7. The molecule has 1 aliphatic rings. The van der Waals surface area contributed by atoms with Crippen LogP contribution in [0.5, 0.6) is 5.75 Å². The van der Waals surface area contributed by atoms with Crippen molar-refractivity contribution < 1.29 is 27.1 Å². The quantitative estimate of drug-likeness (QED) is 0.546. The SMILES string of the molecule is CC(=O)Nc1ccc(S(=O)(=O)N2CCOc3ccc(COCc4ccccc4F)cc3C2)cc1. The average molecular weight is 485 g/mol. The summed E-state index contributed by atoms with van der Waals surface area (Å²) < 4.78 is 53.1. The number of anilines is 1. The molecule has 178 valence electrons. The van der Waals surface area contributed by atoms with Crippen molar-refractivity contribution in [1.82, 2.24) is 4.31 Å². The first kappa shape index (κ1) is 23.9. The summed E-state index contributed by atoms with van der Waals surface area (Å²) in [6, 6.07) is 18.0. The number of halogens is 1. The van der Waals surface area contributed by atoms with E-state index in [2.05, 4.69) is 5.32 Å². The largest absolute Gasteiger partial charge is 0.492 e. The molecule has 0 atom stereocenters. The first-order chi connectivity index (χ1) is 16.3. The number of benzene rings is 3. The fourth-order valence-corrected chi connectivity index (χ4v) is 5.08. The van der Waals surface area contributed by atoms with Crippen LogP contribution in [0.25, 0.3) is 0 Å². The first-order valence-corrected chi connectivity index (χ1v) is 12.2. The van der Waals surface area contributed by atoms with E-state index in [0.717, 1.165) is 11.1 Å². The van der Waals surface area contributed by atoms with E-state index in [1.165, 1.54) is 29.4 Å². The van der Waals surface area contributed by atoms with Gasteiger partial charge in [-0.15, -0.1) is 0 Å². The van der Waals surface area contributed by atoms with Crippen LogP contribution in [0.3, 0.4) is 0 Å². The highest BCUT2D eigenvalue weighted by Crippen LogP contribution is 2.28. The van der Waals surface area contributed by atoms with Gasteiger partial charge in [0.05, 0.1) is 18.1 Å². The second kappa shape index (κ2) is 10.3. The van der Waals surface area contributed by atoms with Crippen molar-refractivity contribution in [2.24, 2.45) is 0 Å². The molecule has 1 amide bonds. The highest BCUT2D eigenvalue weighted by Gasteiger charge is 2.28. The zero-order valence-corrected chi connectivity index (χ0v) is 19.5. The number of nitrogens with zero attached hydrogens (tertiary/aromatic N) is 1. The topological polar surface area (TPSA) is 84.9 Å². The summed E-state index contributed by atoms with van der Waals surface area (Å²) in [6.45, 7) is 2.34. The number of fused-ring (bicyclic) bond motifs is 1. The predicted molar refractivity (Wildman–Crippen MR) is 125 cm³/mol. The van der Waals surface area contributed by atoms with Crippen molar-refractivity contribution in [3.63, 3.8) is 0 Å². The Bertz CT molecular complexity index is 1280. The van der Waals surface area contributed by atoms with E-state index in [0.29, 0.717) is 17.0 Å². The van der Waals surface area contributed by atoms with Gasteiger partial charge >= 0.3 is 0 Å². The van der Waals surface area contributed by atoms with Crippen molar-refractivity contribution in [3.8, 4) is 5.75 Å². The van der Waals surface area contributed by atoms with Crippen molar-refractivity contribution in [2.75, 3.05) is 18.5 Å². The van der Waals surface area contributed by atoms with Gasteiger partial charge in [-0.25, -0.2) is 12.8 Å². The van der Waals surface area contributed by atoms with Crippen LogP contribution in [-0.4, -0.2) is 31.8 Å². The van der Waals surface area contributed by atoms with Crippen LogP contribution in [0, 0.1) is 5.82 Å². The van der Waals surface area contributed by atoms with Gasteiger partial charge in [-0.1, -0.05) is 24.3 Å². The zero-order valence-electron chi connectivity index (χ0n) is 18.7. The maximum Gasteiger partial charge on any atom is 0.243 e. The molecular weight excluding hydrogens is 459 g/mol. The molecule has 0 radical (unpaired) electrons. The minimum absolute atomic E-state index is 0.134. The summed E-state index contributed by atoms with van der Waals surface area (Å²) in [7, 11) is -3.78. The monoisotopic (exact) mass is 484 g/mol. The average Bonchev–Trinajstić information content (AvgIpc) is 3.03. The Balaban J connectivity index is 1.47. The minimum Gasteiger partial charge on any atom is -0.492 e. The molecule has 0 spiro atoms. The molecule has 3 aromatic rings. The molecule has 0 aromatic heterocycles. The maximum absolute atomic E-state index is 13.8. The summed E-state index contributed by atoms with van der Waals surface area (Å²) in [4.78, 5) is 11.3. The molecule has 0 saturated heterocycles. The number of ether oxygens (including phenoxy) is 2. The summed E-state index contributed by atoms with van der Waals surface area (Å²) in [5, 5.41) is 2.62. The summed E-state index contributed by atoms with van der Waals surface area (Å²) >= 11 is 0. The van der Waals surface area contributed by atoms with Crippen molar-refractivity contribution in [1.29, 1.82) is 0 Å². The second-order valence-electron chi connectivity index (χ2n) is 7.92. The molecule has 1 heterocycles. The third-order valence-electron chi connectivity index (χ3n) is 5.37. The predicted octanol–water partition coefficient (Wildman–Crippen LogP) is 4.08. The van der Waals surface area contributed by atoms with Crippen LogP contribution in [-0.2, 0) is 39.3 Å². The van der Waals surface area contributed by atoms with Gasteiger partial charge in [0.1, 0.15) is 18.2 Å². The number of hydrogen-bond donors (Lipinski definition) is 1. The number of amides is 1. The van der Waals surface area contributed by atoms with Crippen molar-refractivity contribution in [2.45, 2.75) is 31.6 Å². The summed E-state index contributed by atoms with van der Waals surface area (Å²) in [5.41, 5.74) is 2.55. The molecule has 0 bridgehead atoms. The number of nitrogens with one attached hydrogen (secondary N) is 1. The third-order valence-corrected chi connectivity index (χ3v) is 7.23. The Morgan fingerprint density at radius 1 is 1.09 bits per heavy atom. The molecular formula is C25H25FN2O5S. The van der Waals surface area contributed by atoms with Gasteiger partial charge in [0.25, 0.3) is 0 Å². The molecule has 1 N–H and O–H groups in total. The number of carbonyl (C=O) groups is 1. The second-order valence-corrected chi connectivity index (χ2v) is 9.86. The smallest absolute Gasteiger partial charge is 0.243 e. The number of hydrogen-bond acceptors (Lipinski definition) is 5. The molecule has 34 heavy (non-hydrogen) atoms. The Morgan fingerprint density at radius 2 is 1.85 bits per heavy atom. The lowest BCUT2D eigenvalue weighted by Crippen LogP contribution is -2.32. The molecule has 1 aliphatic heterocycles. The fourth-order valence-electron chi connectivity index (χ4n) is 3.68. The van der Waals surface area contributed by atoms with Crippen molar-refractivity contribution >= 4 is 21.6 Å². The van der Waals surface area contributed by atoms with E-state index in [9.17, 15) is 17.6 Å². The Labute approximate surface area is 198 Å². The molecule has 0 unspecified atom stereocenters. The fraction of sp³-hybridized carbons (Fsp3) is 0.240. The van der Waals surface area contributed by atoms with Gasteiger partial charge in [-0.2, -0.15) is 4.31 Å². The molecule has 7 nitrogen and oxygen atoms in total. The van der Waals surface area contributed by atoms with E-state index >= 15 is 0 Å². The Hall–Kier alpha value is -3.27. The van der Waals surface area contributed by atoms with Gasteiger partial charge in [-0.05, 0) is 48.0 Å². The highest BCUT2D eigenvalue weighted by molar-refractivity contribution is 7.89. The van der Waals surface area contributed by atoms with Gasteiger partial charge in [0.15, 0.2) is 0 Å². The first-order valence-electron chi connectivity index (χ1n) is 10.8. The van der Waals surface area contributed by atoms with Crippen LogP contribution >= 0.6 is 0 Å². The molecule has 0 fully saturated rings. The van der Waals surface area contributed by atoms with E-state index in [1.54, 1.807) is 36.4 Å². The van der Waals surface area contributed by atoms with E-state index in [1.807, 2.05) is 12.1 Å². The van der Waals surface area contributed by atoms with Gasteiger partial charge in [-0.3, -0.25) is 4.79 Å². The van der Waals surface area contributed by atoms with E-state index in [-0.39, 0.29) is 49.5 Å². The summed E-state index contributed by atoms with van der Waals surface area (Å²) in [5.74, 6) is 0.0749. The van der Waals surface area contributed by atoms with Crippen LogP contribution in [0.2, 0.25) is 0 Å². The van der Waals surface area contributed by atoms with Gasteiger partial charge in [0.2, 0.25) is 15.9 Å². The third kappa shape index (κ3) is 5.61. The van der Waals surface area contributed by atoms with Crippen LogP contribution < -0.4 is 10.1 Å². The van der Waals surface area contributed by atoms with Gasteiger partial charge < -0.3 is 14.8 Å². The van der Waals surface area contributed by atoms with Crippen LogP contribution in [0.1, 0.15) is 23.6 Å². The molecule has 0 saturated carbocycles. The summed E-state index contributed by atoms with van der Waals surface area (Å²) in [6.07, 6.45) is 0.